The first-order chi connectivity index (χ1) is 10.0. The molecule has 2 N–H and O–H groups in total. The minimum absolute atomic E-state index is 0.119. The molecule has 8 nitrogen and oxygen atoms in total. The number of nitrogens with zero attached hydrogens (tertiary/aromatic N) is 3. The Morgan fingerprint density at radius 1 is 1.43 bits per heavy atom. The van der Waals surface area contributed by atoms with Crippen molar-refractivity contribution in [3.05, 3.63) is 34.0 Å². The van der Waals surface area contributed by atoms with Crippen LogP contribution in [0.3, 0.4) is 0 Å². The number of H-pyrrole nitrogens is 1. The molecule has 0 atom stereocenters. The normalized spacial score (nSPS) is 10.4. The number of rotatable bonds is 5. The van der Waals surface area contributed by atoms with Gasteiger partial charge in [-0.05, 0) is 13.3 Å². The van der Waals surface area contributed by atoms with Gasteiger partial charge in [-0.1, -0.05) is 0 Å². The average molecular weight is 290 g/mol. The van der Waals surface area contributed by atoms with E-state index in [9.17, 15) is 9.59 Å². The van der Waals surface area contributed by atoms with Gasteiger partial charge in [-0.2, -0.15) is 0 Å². The van der Waals surface area contributed by atoms with Gasteiger partial charge in [0.1, 0.15) is 12.0 Å². The Kier molecular flexibility index (Phi) is 4.27. The van der Waals surface area contributed by atoms with E-state index in [0.29, 0.717) is 22.8 Å². The maximum atomic E-state index is 12.0. The lowest BCUT2D eigenvalue weighted by Crippen LogP contribution is -2.18. The van der Waals surface area contributed by atoms with Crippen LogP contribution in [0.4, 0.5) is 0 Å². The Hall–Kier alpha value is -2.77. The van der Waals surface area contributed by atoms with Crippen molar-refractivity contribution >= 4 is 5.97 Å². The highest BCUT2D eigenvalue weighted by Crippen LogP contribution is 2.15. The van der Waals surface area contributed by atoms with Gasteiger partial charge in [-0.3, -0.25) is 9.59 Å². The van der Waals surface area contributed by atoms with Crippen LogP contribution in [-0.2, 0) is 11.2 Å². The molecule has 2 aromatic rings. The highest BCUT2D eigenvalue weighted by atomic mass is 16.5. The molecule has 0 radical (unpaired) electrons. The third kappa shape index (κ3) is 3.41. The van der Waals surface area contributed by atoms with Gasteiger partial charge < -0.3 is 14.8 Å². The molecule has 0 spiro atoms. The fraction of sp³-hybridized carbons (Fsp3) is 0.308. The molecule has 0 bridgehead atoms. The number of methoxy groups -OCH3 is 1. The van der Waals surface area contributed by atoms with Gasteiger partial charge in [0.2, 0.25) is 5.88 Å². The van der Waals surface area contributed by atoms with E-state index in [0.717, 1.165) is 0 Å². The molecule has 2 heterocycles. The van der Waals surface area contributed by atoms with Gasteiger partial charge in [0.05, 0.1) is 7.11 Å². The van der Waals surface area contributed by atoms with E-state index in [-0.39, 0.29) is 24.2 Å². The Morgan fingerprint density at radius 3 is 2.81 bits per heavy atom. The molecule has 110 valence electrons. The van der Waals surface area contributed by atoms with Gasteiger partial charge in [0.25, 0.3) is 5.56 Å². The molecule has 0 aliphatic rings. The summed E-state index contributed by atoms with van der Waals surface area (Å²) in [5.74, 6) is -0.314. The Labute approximate surface area is 119 Å². The molecule has 0 saturated carbocycles. The minimum Gasteiger partial charge on any atom is -0.481 e. The van der Waals surface area contributed by atoms with E-state index < -0.39 is 5.97 Å². The number of aromatic nitrogens is 4. The monoisotopic (exact) mass is 290 g/mol. The summed E-state index contributed by atoms with van der Waals surface area (Å²) in [6.07, 6.45) is 1.32. The second kappa shape index (κ2) is 6.12. The number of carboxylic acids is 1. The molecular weight excluding hydrogens is 276 g/mol. The van der Waals surface area contributed by atoms with Crippen LogP contribution < -0.4 is 10.3 Å². The van der Waals surface area contributed by atoms with Crippen molar-refractivity contribution in [2.24, 2.45) is 0 Å². The zero-order valence-electron chi connectivity index (χ0n) is 11.6. The van der Waals surface area contributed by atoms with E-state index >= 15 is 0 Å². The summed E-state index contributed by atoms with van der Waals surface area (Å²) < 4.78 is 4.99. The average Bonchev–Trinajstić information content (AvgIpc) is 2.46. The largest absolute Gasteiger partial charge is 0.481 e. The summed E-state index contributed by atoms with van der Waals surface area (Å²) in [6.45, 7) is 1.66. The van der Waals surface area contributed by atoms with Gasteiger partial charge in [-0.25, -0.2) is 15.0 Å². The van der Waals surface area contributed by atoms with Crippen LogP contribution >= 0.6 is 0 Å². The van der Waals surface area contributed by atoms with E-state index in [1.54, 1.807) is 13.0 Å². The first kappa shape index (κ1) is 14.6. The lowest BCUT2D eigenvalue weighted by atomic mass is 10.1. The molecule has 0 unspecified atom stereocenters. The molecule has 0 fully saturated rings. The highest BCUT2D eigenvalue weighted by molar-refractivity contribution is 5.67. The van der Waals surface area contributed by atoms with Crippen LogP contribution in [0.1, 0.15) is 17.7 Å². The van der Waals surface area contributed by atoms with E-state index in [1.807, 2.05) is 0 Å². The summed E-state index contributed by atoms with van der Waals surface area (Å²) in [5.41, 5.74) is 0.901. The molecule has 21 heavy (non-hydrogen) atoms. The van der Waals surface area contributed by atoms with Crippen molar-refractivity contribution in [3.8, 4) is 17.4 Å². The van der Waals surface area contributed by atoms with Gasteiger partial charge in [-0.15, -0.1) is 0 Å². The second-order valence-electron chi connectivity index (χ2n) is 4.32. The zero-order valence-corrected chi connectivity index (χ0v) is 11.6. The predicted octanol–water partition coefficient (Wildman–Crippen LogP) is 0.561. The van der Waals surface area contributed by atoms with Crippen molar-refractivity contribution in [2.45, 2.75) is 19.8 Å². The maximum Gasteiger partial charge on any atom is 0.303 e. The summed E-state index contributed by atoms with van der Waals surface area (Å²) in [4.78, 5) is 37.4. The molecule has 0 amide bonds. The van der Waals surface area contributed by atoms with Crippen molar-refractivity contribution in [1.29, 1.82) is 0 Å². The maximum absolute atomic E-state index is 12.0. The van der Waals surface area contributed by atoms with Crippen molar-refractivity contribution in [1.82, 2.24) is 19.9 Å². The number of aryl methyl sites for hydroxylation is 1. The first-order valence-electron chi connectivity index (χ1n) is 6.19. The van der Waals surface area contributed by atoms with Crippen LogP contribution in [0.5, 0.6) is 5.88 Å². The number of carboxylic acid groups (broad SMARTS) is 1. The molecule has 0 aliphatic carbocycles. The number of ether oxygens (including phenoxy) is 1. The number of aliphatic carboxylic acids is 1. The third-order valence-electron chi connectivity index (χ3n) is 2.90. The summed E-state index contributed by atoms with van der Waals surface area (Å²) >= 11 is 0. The lowest BCUT2D eigenvalue weighted by Gasteiger charge is -2.06. The van der Waals surface area contributed by atoms with Crippen LogP contribution in [-0.4, -0.2) is 38.1 Å². The quantitative estimate of drug-likeness (QED) is 0.825. The number of hydrogen-bond acceptors (Lipinski definition) is 6. The van der Waals surface area contributed by atoms with E-state index in [1.165, 1.54) is 13.4 Å². The van der Waals surface area contributed by atoms with E-state index in [2.05, 4.69) is 19.9 Å². The van der Waals surface area contributed by atoms with Gasteiger partial charge in [0.15, 0.2) is 5.82 Å². The van der Waals surface area contributed by atoms with Gasteiger partial charge >= 0.3 is 5.97 Å². The Bertz CT molecular complexity index is 726. The standard InChI is InChI=1S/C13H14N4O4/c1-7-8(3-4-11(18)19)13(20)17-12(16-7)9-5-10(21-2)15-6-14-9/h5-6H,3-4H2,1-2H3,(H,18,19)(H,16,17,20). The number of carbonyl (C=O) groups is 1. The fourth-order valence-corrected chi connectivity index (χ4v) is 1.84. The van der Waals surface area contributed by atoms with E-state index in [4.69, 9.17) is 9.84 Å². The molecular formula is C13H14N4O4. The number of nitrogens with one attached hydrogen (secondary N) is 1. The highest BCUT2D eigenvalue weighted by Gasteiger charge is 2.12. The summed E-state index contributed by atoms with van der Waals surface area (Å²) in [5, 5.41) is 8.68. The predicted molar refractivity (Wildman–Crippen MR) is 73.1 cm³/mol. The molecule has 0 aromatic carbocycles. The molecule has 8 heteroatoms. The lowest BCUT2D eigenvalue weighted by molar-refractivity contribution is -0.136. The first-order valence-corrected chi connectivity index (χ1v) is 6.19. The van der Waals surface area contributed by atoms with Crippen LogP contribution in [0, 0.1) is 6.92 Å². The van der Waals surface area contributed by atoms with Crippen LogP contribution in [0.25, 0.3) is 11.5 Å². The molecule has 2 aromatic heterocycles. The van der Waals surface area contributed by atoms with Crippen molar-refractivity contribution in [2.75, 3.05) is 7.11 Å². The van der Waals surface area contributed by atoms with Crippen LogP contribution in [0.2, 0.25) is 0 Å². The summed E-state index contributed by atoms with van der Waals surface area (Å²) in [6, 6.07) is 1.55. The molecule has 0 aliphatic heterocycles. The molecule has 0 saturated heterocycles. The fourth-order valence-electron chi connectivity index (χ4n) is 1.84. The van der Waals surface area contributed by atoms with Crippen LogP contribution in [0.15, 0.2) is 17.2 Å². The Balaban J connectivity index is 2.39. The Morgan fingerprint density at radius 2 is 2.19 bits per heavy atom. The topological polar surface area (TPSA) is 118 Å². The zero-order chi connectivity index (χ0) is 15.4. The summed E-state index contributed by atoms with van der Waals surface area (Å²) in [7, 11) is 1.47. The molecule has 2 rings (SSSR count). The number of hydrogen-bond donors (Lipinski definition) is 2. The van der Waals surface area contributed by atoms with Crippen molar-refractivity contribution < 1.29 is 14.6 Å². The van der Waals surface area contributed by atoms with Crippen molar-refractivity contribution in [3.63, 3.8) is 0 Å². The second-order valence-corrected chi connectivity index (χ2v) is 4.32. The number of aromatic amines is 1. The SMILES string of the molecule is COc1cc(-c2nc(C)c(CCC(=O)O)c(=O)[nH]2)ncn1. The van der Waals surface area contributed by atoms with Gasteiger partial charge in [0, 0.05) is 23.7 Å². The smallest absolute Gasteiger partial charge is 0.303 e. The minimum atomic E-state index is -0.960. The third-order valence-corrected chi connectivity index (χ3v) is 2.90.